The molecule has 3 heterocycles. The standard InChI is InChI=1S/C34H46N4O8/c39-30-29-20-26(46-34(44)37-19-18-23-12-8-9-13-24(23)21-37)22-38(29)31(40)27(36-33(43)45-25-14-10-11-15-25)16-6-4-2-1-3-5-7-17-28(35-30)32(41)42/h3,5,8-9,12-13,25-29H,1-2,4,6-7,10-11,14-22H2,(H,35,39)(H,36,43)(H,41,42)/q+1/t26-,27+,28-,29?/m1/s1. The van der Waals surface area contributed by atoms with Crippen molar-refractivity contribution < 1.29 is 38.6 Å². The van der Waals surface area contributed by atoms with Crippen LogP contribution in [0.2, 0.25) is 0 Å². The molecule has 1 saturated heterocycles. The zero-order valence-corrected chi connectivity index (χ0v) is 26.4. The Morgan fingerprint density at radius 3 is 2.41 bits per heavy atom. The quantitative estimate of drug-likeness (QED) is 0.331. The van der Waals surface area contributed by atoms with Crippen LogP contribution < -0.4 is 15.5 Å². The maximum absolute atomic E-state index is 14.1. The first kappa shape index (κ1) is 33.4. The molecule has 4 atom stereocenters. The fraction of sp³-hybridized carbons (Fsp3) is 0.618. The van der Waals surface area contributed by atoms with E-state index in [0.717, 1.165) is 50.5 Å². The molecule has 1 saturated carbocycles. The van der Waals surface area contributed by atoms with Crippen molar-refractivity contribution in [2.75, 3.05) is 13.1 Å². The topological polar surface area (TPSA) is 157 Å². The van der Waals surface area contributed by atoms with Crippen LogP contribution in [0.4, 0.5) is 9.59 Å². The first-order valence-electron chi connectivity index (χ1n) is 16.8. The van der Waals surface area contributed by atoms with Crippen LogP contribution in [0.15, 0.2) is 36.4 Å². The summed E-state index contributed by atoms with van der Waals surface area (Å²) in [5.41, 5.74) is 2.23. The molecule has 3 aliphatic heterocycles. The highest BCUT2D eigenvalue weighted by atomic mass is 16.6. The molecule has 5 rings (SSSR count). The molecule has 0 bridgehead atoms. The van der Waals surface area contributed by atoms with Crippen LogP contribution in [0.1, 0.15) is 88.2 Å². The van der Waals surface area contributed by atoms with Gasteiger partial charge in [0.2, 0.25) is 6.04 Å². The predicted molar refractivity (Wildman–Crippen MR) is 168 cm³/mol. The number of allylic oxidation sites excluding steroid dienone is 2. The van der Waals surface area contributed by atoms with E-state index in [4.69, 9.17) is 9.47 Å². The first-order valence-corrected chi connectivity index (χ1v) is 16.8. The highest BCUT2D eigenvalue weighted by molar-refractivity contribution is 5.95. The molecule has 0 spiro atoms. The second kappa shape index (κ2) is 16.1. The summed E-state index contributed by atoms with van der Waals surface area (Å²) in [6, 6.07) is 4.75. The van der Waals surface area contributed by atoms with Gasteiger partial charge in [0.05, 0.1) is 6.42 Å². The lowest BCUT2D eigenvalue weighted by molar-refractivity contribution is -0.142. The van der Waals surface area contributed by atoms with Crippen LogP contribution in [-0.4, -0.2) is 83.4 Å². The molecule has 1 aromatic carbocycles. The Morgan fingerprint density at radius 1 is 0.891 bits per heavy atom. The molecule has 1 aliphatic carbocycles. The summed E-state index contributed by atoms with van der Waals surface area (Å²) in [4.78, 5) is 68.9. The van der Waals surface area contributed by atoms with Crippen LogP contribution in [0.25, 0.3) is 0 Å². The summed E-state index contributed by atoms with van der Waals surface area (Å²) in [5, 5.41) is 15.2. The van der Waals surface area contributed by atoms with Gasteiger partial charge in [-0.2, -0.15) is 0 Å². The van der Waals surface area contributed by atoms with Crippen LogP contribution in [0.5, 0.6) is 0 Å². The van der Waals surface area contributed by atoms with E-state index >= 15 is 0 Å². The number of carbonyl (C=O) groups is 5. The minimum atomic E-state index is -1.17. The molecule has 12 nitrogen and oxygen atoms in total. The van der Waals surface area contributed by atoms with Crippen LogP contribution in [-0.2, 0) is 36.8 Å². The number of amides is 4. The molecule has 0 aromatic heterocycles. The van der Waals surface area contributed by atoms with Crippen molar-refractivity contribution in [2.45, 2.75) is 120 Å². The van der Waals surface area contributed by atoms with Crippen molar-refractivity contribution in [3.05, 3.63) is 47.5 Å². The molecule has 46 heavy (non-hydrogen) atoms. The number of fused-ring (bicyclic) bond motifs is 2. The number of benzene rings is 1. The average molecular weight is 639 g/mol. The molecule has 3 N–H and O–H groups in total. The van der Waals surface area contributed by atoms with Crippen LogP contribution in [0.3, 0.4) is 0 Å². The van der Waals surface area contributed by atoms with E-state index in [0.29, 0.717) is 38.8 Å². The first-order chi connectivity index (χ1) is 22.3. The van der Waals surface area contributed by atoms with E-state index in [9.17, 15) is 29.1 Å². The van der Waals surface area contributed by atoms with Crippen molar-refractivity contribution in [3.63, 3.8) is 0 Å². The fourth-order valence-electron chi connectivity index (χ4n) is 6.85. The minimum Gasteiger partial charge on any atom is -0.480 e. The van der Waals surface area contributed by atoms with Crippen molar-refractivity contribution in [3.8, 4) is 0 Å². The SMILES string of the molecule is O=C(N[C@H]1CCCCCC=CCC[C@H](C(=O)O)NC(=O)C2C[C@@H](OC(=O)N3CCc4ccccc4C3)C[N+]2C1=O)OC1CCCC1. The Hall–Kier alpha value is -3.93. The molecule has 1 radical (unpaired) electrons. The Morgan fingerprint density at radius 2 is 1.63 bits per heavy atom. The van der Waals surface area contributed by atoms with Gasteiger partial charge in [0.25, 0.3) is 5.91 Å². The second-order valence-electron chi connectivity index (χ2n) is 12.8. The van der Waals surface area contributed by atoms with E-state index < -0.39 is 54.2 Å². The van der Waals surface area contributed by atoms with Gasteiger partial charge in [-0.05, 0) is 75.3 Å². The largest absolute Gasteiger partial charge is 0.480 e. The second-order valence-corrected chi connectivity index (χ2v) is 12.8. The average Bonchev–Trinajstić information content (AvgIpc) is 3.71. The maximum atomic E-state index is 14.1. The summed E-state index contributed by atoms with van der Waals surface area (Å²) in [5.74, 6) is -2.27. The van der Waals surface area contributed by atoms with E-state index in [1.54, 1.807) is 4.90 Å². The molecule has 1 unspecified atom stereocenters. The number of hydrogen-bond donors (Lipinski definition) is 3. The number of hydrogen-bond acceptors (Lipinski definition) is 7. The van der Waals surface area contributed by atoms with Crippen molar-refractivity contribution in [2.24, 2.45) is 0 Å². The number of ether oxygens (including phenoxy) is 2. The highest BCUT2D eigenvalue weighted by Gasteiger charge is 2.54. The zero-order chi connectivity index (χ0) is 32.5. The van der Waals surface area contributed by atoms with Gasteiger partial charge in [-0.15, -0.1) is 0 Å². The molecule has 249 valence electrons. The molecule has 4 aliphatic rings. The maximum Gasteiger partial charge on any atom is 0.410 e. The van der Waals surface area contributed by atoms with E-state index in [1.165, 1.54) is 10.5 Å². The van der Waals surface area contributed by atoms with Gasteiger partial charge < -0.3 is 30.1 Å². The number of nitrogens with zero attached hydrogens (tertiary/aromatic N) is 2. The lowest BCUT2D eigenvalue weighted by Gasteiger charge is -2.28. The van der Waals surface area contributed by atoms with Crippen LogP contribution >= 0.6 is 0 Å². The van der Waals surface area contributed by atoms with Crippen molar-refractivity contribution >= 4 is 30.0 Å². The van der Waals surface area contributed by atoms with E-state index in [2.05, 4.69) is 10.6 Å². The third-order valence-corrected chi connectivity index (χ3v) is 9.44. The zero-order valence-electron chi connectivity index (χ0n) is 26.4. The number of aliphatic carboxylic acids is 1. The summed E-state index contributed by atoms with van der Waals surface area (Å²) < 4.78 is 11.5. The third kappa shape index (κ3) is 8.86. The molecule has 2 fully saturated rings. The molecule has 1 aromatic rings. The van der Waals surface area contributed by atoms with Crippen molar-refractivity contribution in [1.29, 1.82) is 0 Å². The number of alkyl carbamates (subject to hydrolysis) is 1. The minimum absolute atomic E-state index is 0.0131. The Labute approximate surface area is 269 Å². The highest BCUT2D eigenvalue weighted by Crippen LogP contribution is 2.25. The third-order valence-electron chi connectivity index (χ3n) is 9.44. The predicted octanol–water partition coefficient (Wildman–Crippen LogP) is 3.90. The van der Waals surface area contributed by atoms with Gasteiger partial charge in [-0.3, -0.25) is 4.79 Å². The van der Waals surface area contributed by atoms with Gasteiger partial charge in [0.1, 0.15) is 12.1 Å². The summed E-state index contributed by atoms with van der Waals surface area (Å²) in [6.45, 7) is 0.834. The normalized spacial score (nSPS) is 26.9. The monoisotopic (exact) mass is 638 g/mol. The summed E-state index contributed by atoms with van der Waals surface area (Å²) in [6.07, 6.45) is 10.2. The lowest BCUT2D eigenvalue weighted by atomic mass is 10.0. The summed E-state index contributed by atoms with van der Waals surface area (Å²) in [7, 11) is 0. The van der Waals surface area contributed by atoms with Gasteiger partial charge in [0.15, 0.2) is 18.7 Å². The van der Waals surface area contributed by atoms with Gasteiger partial charge in [-0.25, -0.2) is 19.2 Å². The molecular weight excluding hydrogens is 592 g/mol. The Bertz CT molecular complexity index is 1300. The lowest BCUT2D eigenvalue weighted by Crippen LogP contribution is -2.58. The smallest absolute Gasteiger partial charge is 0.410 e. The fourth-order valence-corrected chi connectivity index (χ4v) is 6.85. The number of rotatable bonds is 4. The number of nitrogens with one attached hydrogen (secondary N) is 2. The molecule has 12 heteroatoms. The van der Waals surface area contributed by atoms with Gasteiger partial charge in [0, 0.05) is 13.1 Å². The van der Waals surface area contributed by atoms with Gasteiger partial charge >= 0.3 is 24.1 Å². The Kier molecular flexibility index (Phi) is 11.7. The number of carbonyl (C=O) groups excluding carboxylic acids is 4. The van der Waals surface area contributed by atoms with E-state index in [-0.39, 0.29) is 25.5 Å². The molecular formula is C34H46N4O8+. The van der Waals surface area contributed by atoms with E-state index in [1.807, 2.05) is 36.4 Å². The van der Waals surface area contributed by atoms with Gasteiger partial charge in [-0.1, -0.05) is 54.2 Å². The Balaban J connectivity index is 1.33. The van der Waals surface area contributed by atoms with Crippen molar-refractivity contribution in [1.82, 2.24) is 20.4 Å². The van der Waals surface area contributed by atoms with Crippen LogP contribution in [0, 0.1) is 0 Å². The molecule has 4 amide bonds. The summed E-state index contributed by atoms with van der Waals surface area (Å²) >= 11 is 0. The number of carboxylic acid groups (broad SMARTS) is 1. The number of carboxylic acids is 1.